The molecular weight excluding hydrogens is 634 g/mol. The summed E-state index contributed by atoms with van der Waals surface area (Å²) in [5.74, 6) is -0.610. The summed E-state index contributed by atoms with van der Waals surface area (Å²) in [5.41, 5.74) is 0. The zero-order valence-corrected chi connectivity index (χ0v) is 33.3. The molecular formula is C45H83NO5. The lowest BCUT2D eigenvalue weighted by atomic mass is 10.00. The van der Waals surface area contributed by atoms with Crippen LogP contribution in [0.3, 0.4) is 0 Å². The predicted molar refractivity (Wildman–Crippen MR) is 219 cm³/mol. The molecule has 0 aliphatic carbocycles. The molecule has 0 aromatic carbocycles. The second-order valence-electron chi connectivity index (χ2n) is 14.7. The number of hydrogen-bond donors (Lipinski definition) is 5. The van der Waals surface area contributed by atoms with E-state index < -0.39 is 36.9 Å². The van der Waals surface area contributed by atoms with Crippen LogP contribution in [0.4, 0.5) is 0 Å². The molecule has 0 aromatic heterocycles. The Kier molecular flexibility index (Phi) is 38.1. The second-order valence-corrected chi connectivity index (χ2v) is 14.7. The number of rotatable bonds is 38. The quantitative estimate of drug-likeness (QED) is 0.0323. The molecule has 5 N–H and O–H groups in total. The van der Waals surface area contributed by atoms with Crippen molar-refractivity contribution in [1.29, 1.82) is 0 Å². The van der Waals surface area contributed by atoms with Crippen molar-refractivity contribution < 1.29 is 25.2 Å². The zero-order valence-electron chi connectivity index (χ0n) is 33.3. The predicted octanol–water partition coefficient (Wildman–Crippen LogP) is 11.1. The molecule has 0 aliphatic heterocycles. The lowest BCUT2D eigenvalue weighted by molar-refractivity contribution is -0.132. The summed E-state index contributed by atoms with van der Waals surface area (Å²) in [6.45, 7) is 4.01. The highest BCUT2D eigenvalue weighted by molar-refractivity contribution is 5.80. The Hall–Kier alpha value is -1.73. The van der Waals surface area contributed by atoms with Crippen molar-refractivity contribution in [3.63, 3.8) is 0 Å². The van der Waals surface area contributed by atoms with Crippen LogP contribution in [0.5, 0.6) is 0 Å². The summed E-state index contributed by atoms with van der Waals surface area (Å²) in [4.78, 5) is 12.5. The van der Waals surface area contributed by atoms with Gasteiger partial charge in [-0.1, -0.05) is 159 Å². The molecule has 298 valence electrons. The first-order valence-electron chi connectivity index (χ1n) is 21.5. The second kappa shape index (κ2) is 39.5. The molecule has 0 radical (unpaired) electrons. The van der Waals surface area contributed by atoms with E-state index in [4.69, 9.17) is 0 Å². The first-order valence-corrected chi connectivity index (χ1v) is 21.5. The van der Waals surface area contributed by atoms with Gasteiger partial charge in [-0.05, 0) is 89.9 Å². The molecule has 0 saturated carbocycles. The number of carbonyl (C=O) groups excluding carboxylic acids is 1. The minimum Gasteiger partial charge on any atom is -0.394 e. The van der Waals surface area contributed by atoms with Gasteiger partial charge >= 0.3 is 0 Å². The SMILES string of the molecule is CCCCCCCCC/C=C\CCCCCCC(O)C(=O)NC(CO)C(O)C(O)CCC/C=C/CC/C=C/CC/C=C/CCCCCCCCC. The zero-order chi connectivity index (χ0) is 37.5. The number of hydrogen-bond acceptors (Lipinski definition) is 5. The minimum absolute atomic E-state index is 0.343. The minimum atomic E-state index is -1.30. The Labute approximate surface area is 315 Å². The van der Waals surface area contributed by atoms with E-state index in [9.17, 15) is 25.2 Å². The van der Waals surface area contributed by atoms with Crippen molar-refractivity contribution in [3.8, 4) is 0 Å². The number of aliphatic hydroxyl groups is 4. The number of carbonyl (C=O) groups is 1. The van der Waals surface area contributed by atoms with Crippen molar-refractivity contribution in [1.82, 2.24) is 5.32 Å². The topological polar surface area (TPSA) is 110 Å². The van der Waals surface area contributed by atoms with Crippen LogP contribution in [-0.2, 0) is 4.79 Å². The molecule has 4 unspecified atom stereocenters. The van der Waals surface area contributed by atoms with Gasteiger partial charge in [0.15, 0.2) is 0 Å². The third-order valence-corrected chi connectivity index (χ3v) is 9.72. The van der Waals surface area contributed by atoms with Crippen molar-refractivity contribution in [3.05, 3.63) is 48.6 Å². The van der Waals surface area contributed by atoms with Crippen LogP contribution in [0.25, 0.3) is 0 Å². The van der Waals surface area contributed by atoms with E-state index in [-0.39, 0.29) is 0 Å². The van der Waals surface area contributed by atoms with Gasteiger partial charge in [-0.3, -0.25) is 4.79 Å². The van der Waals surface area contributed by atoms with Gasteiger partial charge in [-0.25, -0.2) is 0 Å². The molecule has 0 heterocycles. The van der Waals surface area contributed by atoms with Crippen LogP contribution in [0.2, 0.25) is 0 Å². The Morgan fingerprint density at radius 1 is 0.471 bits per heavy atom. The van der Waals surface area contributed by atoms with Crippen LogP contribution in [0.1, 0.15) is 200 Å². The largest absolute Gasteiger partial charge is 0.394 e. The van der Waals surface area contributed by atoms with Crippen molar-refractivity contribution >= 4 is 5.91 Å². The van der Waals surface area contributed by atoms with Gasteiger partial charge in [0.2, 0.25) is 5.91 Å². The number of unbranched alkanes of at least 4 members (excludes halogenated alkanes) is 21. The normalized spacial score (nSPS) is 14.7. The van der Waals surface area contributed by atoms with Gasteiger partial charge in [0, 0.05) is 0 Å². The number of aliphatic hydroxyl groups excluding tert-OH is 4. The highest BCUT2D eigenvalue weighted by atomic mass is 16.3. The van der Waals surface area contributed by atoms with E-state index in [1.54, 1.807) is 0 Å². The van der Waals surface area contributed by atoms with Gasteiger partial charge in [0.1, 0.15) is 12.2 Å². The highest BCUT2D eigenvalue weighted by Gasteiger charge is 2.28. The Morgan fingerprint density at radius 3 is 1.24 bits per heavy atom. The summed E-state index contributed by atoms with van der Waals surface area (Å²) in [6.07, 6.45) is 47.1. The maximum Gasteiger partial charge on any atom is 0.249 e. The third kappa shape index (κ3) is 33.8. The van der Waals surface area contributed by atoms with E-state index in [0.29, 0.717) is 19.3 Å². The lowest BCUT2D eigenvalue weighted by Crippen LogP contribution is -2.53. The first kappa shape index (κ1) is 49.3. The third-order valence-electron chi connectivity index (χ3n) is 9.72. The summed E-state index contributed by atoms with van der Waals surface area (Å²) in [7, 11) is 0. The summed E-state index contributed by atoms with van der Waals surface area (Å²) in [5, 5.41) is 43.6. The molecule has 6 heteroatoms. The average molecular weight is 718 g/mol. The summed E-state index contributed by atoms with van der Waals surface area (Å²) in [6, 6.07) is -1.02. The lowest BCUT2D eigenvalue weighted by Gasteiger charge is -2.27. The highest BCUT2D eigenvalue weighted by Crippen LogP contribution is 2.13. The van der Waals surface area contributed by atoms with Gasteiger partial charge in [0.25, 0.3) is 0 Å². The van der Waals surface area contributed by atoms with E-state index in [1.165, 1.54) is 103 Å². The standard InChI is InChI=1S/C45H83NO5/c1-3-5-7-9-11-13-15-17-19-20-21-22-23-25-26-28-30-32-34-36-38-42(48)44(50)41(40-47)46-45(51)43(49)39-37-35-33-31-29-27-24-18-16-14-12-10-8-6-4-2/h19-20,23-25,27,30,32,41-44,47-50H,3-18,21-22,26,28-29,31,33-40H2,1-2H3,(H,46,51)/b20-19+,25-23+,27-24-,32-30+. The average Bonchev–Trinajstić information content (AvgIpc) is 3.13. The van der Waals surface area contributed by atoms with E-state index in [0.717, 1.165) is 64.2 Å². The molecule has 0 spiro atoms. The van der Waals surface area contributed by atoms with Gasteiger partial charge in [-0.15, -0.1) is 0 Å². The fourth-order valence-electron chi connectivity index (χ4n) is 6.25. The first-order chi connectivity index (χ1) is 25.0. The Bertz CT molecular complexity index is 854. The monoisotopic (exact) mass is 718 g/mol. The summed E-state index contributed by atoms with van der Waals surface area (Å²) >= 11 is 0. The van der Waals surface area contributed by atoms with Crippen molar-refractivity contribution in [2.75, 3.05) is 6.61 Å². The molecule has 1 amide bonds. The number of amides is 1. The molecule has 0 saturated heterocycles. The van der Waals surface area contributed by atoms with E-state index >= 15 is 0 Å². The van der Waals surface area contributed by atoms with E-state index in [2.05, 4.69) is 67.8 Å². The van der Waals surface area contributed by atoms with Crippen LogP contribution >= 0.6 is 0 Å². The molecule has 51 heavy (non-hydrogen) atoms. The smallest absolute Gasteiger partial charge is 0.249 e. The van der Waals surface area contributed by atoms with Gasteiger partial charge in [-0.2, -0.15) is 0 Å². The van der Waals surface area contributed by atoms with Crippen LogP contribution in [0.15, 0.2) is 48.6 Å². The molecule has 0 fully saturated rings. The van der Waals surface area contributed by atoms with Crippen LogP contribution in [-0.4, -0.2) is 57.3 Å². The molecule has 0 aromatic rings. The van der Waals surface area contributed by atoms with Gasteiger partial charge in [0.05, 0.1) is 18.8 Å². The maximum absolute atomic E-state index is 12.5. The van der Waals surface area contributed by atoms with Gasteiger partial charge < -0.3 is 25.7 Å². The summed E-state index contributed by atoms with van der Waals surface area (Å²) < 4.78 is 0. The number of allylic oxidation sites excluding steroid dienone is 8. The molecule has 4 atom stereocenters. The van der Waals surface area contributed by atoms with Crippen molar-refractivity contribution in [2.45, 2.75) is 224 Å². The Balaban J connectivity index is 3.87. The fraction of sp³-hybridized carbons (Fsp3) is 0.800. The van der Waals surface area contributed by atoms with Crippen LogP contribution < -0.4 is 5.32 Å². The number of nitrogens with one attached hydrogen (secondary N) is 1. The molecule has 0 bridgehead atoms. The van der Waals surface area contributed by atoms with Crippen LogP contribution in [0, 0.1) is 0 Å². The fourth-order valence-corrected chi connectivity index (χ4v) is 6.25. The van der Waals surface area contributed by atoms with E-state index in [1.807, 2.05) is 0 Å². The maximum atomic E-state index is 12.5. The molecule has 6 nitrogen and oxygen atoms in total. The molecule has 0 rings (SSSR count). The van der Waals surface area contributed by atoms with Crippen molar-refractivity contribution in [2.24, 2.45) is 0 Å². The molecule has 0 aliphatic rings. The Morgan fingerprint density at radius 2 is 0.824 bits per heavy atom.